The highest BCUT2D eigenvalue weighted by Gasteiger charge is 2.29. The fourth-order valence-corrected chi connectivity index (χ4v) is 4.19. The Morgan fingerprint density at radius 1 is 1.26 bits per heavy atom. The molecule has 0 fully saturated rings. The van der Waals surface area contributed by atoms with Crippen molar-refractivity contribution in [1.29, 1.82) is 0 Å². The molecular weight excluding hydrogens is 395 g/mol. The fourth-order valence-electron chi connectivity index (χ4n) is 4.19. The van der Waals surface area contributed by atoms with E-state index in [1.807, 2.05) is 6.07 Å². The van der Waals surface area contributed by atoms with Crippen molar-refractivity contribution in [3.8, 4) is 11.1 Å². The Morgan fingerprint density at radius 3 is 2.84 bits per heavy atom. The number of aliphatic hydroxyl groups is 1. The third kappa shape index (κ3) is 3.18. The summed E-state index contributed by atoms with van der Waals surface area (Å²) in [5.74, 6) is -0.591. The molecule has 4 aromatic rings. The number of carbonyl (C=O) groups excluding carboxylic acids is 1. The summed E-state index contributed by atoms with van der Waals surface area (Å²) in [6.07, 6.45) is 3.36. The van der Waals surface area contributed by atoms with E-state index in [0.717, 1.165) is 0 Å². The quantitative estimate of drug-likeness (QED) is 0.548. The summed E-state index contributed by atoms with van der Waals surface area (Å²) in [7, 11) is 1.70. The van der Waals surface area contributed by atoms with E-state index >= 15 is 4.39 Å². The maximum absolute atomic E-state index is 15.3. The summed E-state index contributed by atoms with van der Waals surface area (Å²) in [4.78, 5) is 18.5. The molecule has 7 heteroatoms. The number of pyridine rings is 1. The minimum Gasteiger partial charge on any atom is -0.392 e. The topological polar surface area (TPSA) is 71.2 Å². The van der Waals surface area contributed by atoms with Crippen LogP contribution in [0.3, 0.4) is 0 Å². The number of benzene rings is 2. The van der Waals surface area contributed by atoms with Crippen molar-refractivity contribution >= 4 is 16.8 Å². The number of hydrogen-bond donors (Lipinski definition) is 1. The molecule has 1 aliphatic heterocycles. The number of halogens is 1. The van der Waals surface area contributed by atoms with E-state index in [9.17, 15) is 9.90 Å². The number of aromatic nitrogens is 3. The van der Waals surface area contributed by atoms with Crippen LogP contribution in [0.2, 0.25) is 0 Å². The average Bonchev–Trinajstić information content (AvgIpc) is 3.28. The lowest BCUT2D eigenvalue weighted by atomic mass is 9.95. The van der Waals surface area contributed by atoms with Crippen molar-refractivity contribution in [3.63, 3.8) is 0 Å². The van der Waals surface area contributed by atoms with Crippen molar-refractivity contribution in [2.75, 3.05) is 0 Å². The van der Waals surface area contributed by atoms with E-state index in [4.69, 9.17) is 2.74 Å². The summed E-state index contributed by atoms with van der Waals surface area (Å²) < 4.78 is 32.2. The van der Waals surface area contributed by atoms with Gasteiger partial charge in [0.15, 0.2) is 0 Å². The number of aryl methyl sites for hydroxylation is 2. The van der Waals surface area contributed by atoms with E-state index in [2.05, 4.69) is 10.1 Å². The molecular formula is C24H21FN4O2. The molecule has 1 N–H and O–H groups in total. The van der Waals surface area contributed by atoms with Gasteiger partial charge >= 0.3 is 0 Å². The van der Waals surface area contributed by atoms with Crippen LogP contribution in [-0.4, -0.2) is 30.7 Å². The molecule has 0 spiro atoms. The molecule has 3 heterocycles. The molecule has 0 aliphatic carbocycles. The van der Waals surface area contributed by atoms with Gasteiger partial charge in [0.2, 0.25) is 0 Å². The Labute approximate surface area is 181 Å². The SMILES string of the molecule is [2H]C([2H])(O)c1ccc(-c2cc(C)c(CN3Cc4ncccc4C3=O)c(F)c2)c2cn(C)nc12. The van der Waals surface area contributed by atoms with E-state index in [0.29, 0.717) is 51.0 Å². The van der Waals surface area contributed by atoms with Gasteiger partial charge in [0.1, 0.15) is 5.82 Å². The van der Waals surface area contributed by atoms with Gasteiger partial charge in [0.05, 0.1) is 32.6 Å². The van der Waals surface area contributed by atoms with Gasteiger partial charge < -0.3 is 10.0 Å². The molecule has 0 unspecified atom stereocenters. The number of carbonyl (C=O) groups is 1. The minimum atomic E-state index is -2.55. The Bertz CT molecular complexity index is 1400. The average molecular weight is 418 g/mol. The summed E-state index contributed by atoms with van der Waals surface area (Å²) in [5.41, 5.74) is 4.03. The lowest BCUT2D eigenvalue weighted by Crippen LogP contribution is -2.24. The second-order valence-corrected chi connectivity index (χ2v) is 7.75. The Balaban J connectivity index is 1.53. The molecule has 1 amide bonds. The van der Waals surface area contributed by atoms with Gasteiger partial charge in [-0.3, -0.25) is 14.5 Å². The molecule has 1 aliphatic rings. The van der Waals surface area contributed by atoms with Gasteiger partial charge in [0, 0.05) is 42.5 Å². The van der Waals surface area contributed by atoms with Crippen LogP contribution in [0.25, 0.3) is 22.0 Å². The van der Waals surface area contributed by atoms with Crippen molar-refractivity contribution in [1.82, 2.24) is 19.7 Å². The van der Waals surface area contributed by atoms with Crippen LogP contribution < -0.4 is 0 Å². The van der Waals surface area contributed by atoms with Gasteiger partial charge in [-0.15, -0.1) is 0 Å². The van der Waals surface area contributed by atoms with Crippen LogP contribution in [-0.2, 0) is 26.7 Å². The molecule has 0 bridgehead atoms. The predicted octanol–water partition coefficient (Wildman–Crippen LogP) is 3.73. The molecule has 0 atom stereocenters. The van der Waals surface area contributed by atoms with Crippen LogP contribution in [0.4, 0.5) is 4.39 Å². The van der Waals surface area contributed by atoms with E-state index < -0.39 is 12.4 Å². The lowest BCUT2D eigenvalue weighted by molar-refractivity contribution is 0.0764. The second kappa shape index (κ2) is 7.28. The van der Waals surface area contributed by atoms with Crippen LogP contribution in [0.5, 0.6) is 0 Å². The third-order valence-corrected chi connectivity index (χ3v) is 5.74. The van der Waals surface area contributed by atoms with Crippen LogP contribution in [0.1, 0.15) is 35.5 Å². The molecule has 6 nitrogen and oxygen atoms in total. The zero-order valence-corrected chi connectivity index (χ0v) is 17.1. The number of fused-ring (bicyclic) bond motifs is 2. The van der Waals surface area contributed by atoms with Gasteiger partial charge in [-0.25, -0.2) is 4.39 Å². The zero-order valence-electron chi connectivity index (χ0n) is 19.1. The van der Waals surface area contributed by atoms with Crippen LogP contribution in [0, 0.1) is 12.7 Å². The van der Waals surface area contributed by atoms with Gasteiger partial charge in [-0.2, -0.15) is 5.10 Å². The Hall–Kier alpha value is -3.58. The first-order chi connectivity index (χ1) is 15.6. The number of rotatable bonds is 4. The fraction of sp³-hybridized carbons (Fsp3) is 0.208. The van der Waals surface area contributed by atoms with E-state index in [-0.39, 0.29) is 18.0 Å². The molecule has 0 radical (unpaired) electrons. The highest BCUT2D eigenvalue weighted by atomic mass is 19.1. The Morgan fingerprint density at radius 2 is 2.10 bits per heavy atom. The molecule has 0 saturated carbocycles. The van der Waals surface area contributed by atoms with Gasteiger partial charge in [0.25, 0.3) is 5.91 Å². The van der Waals surface area contributed by atoms with E-state index in [1.54, 1.807) is 49.5 Å². The Kier molecular flexibility index (Phi) is 4.03. The summed E-state index contributed by atoms with van der Waals surface area (Å²) >= 11 is 0. The van der Waals surface area contributed by atoms with Crippen molar-refractivity contribution in [3.05, 3.63) is 82.6 Å². The van der Waals surface area contributed by atoms with E-state index in [1.165, 1.54) is 16.8 Å². The number of hydrogen-bond acceptors (Lipinski definition) is 4. The van der Waals surface area contributed by atoms with Crippen molar-refractivity contribution in [2.24, 2.45) is 7.05 Å². The summed E-state index contributed by atoms with van der Waals surface area (Å²) in [6, 6.07) is 9.84. The van der Waals surface area contributed by atoms with Crippen LogP contribution in [0.15, 0.2) is 48.8 Å². The van der Waals surface area contributed by atoms with Gasteiger partial charge in [-0.05, 0) is 41.8 Å². The second-order valence-electron chi connectivity index (χ2n) is 7.75. The first-order valence-electron chi connectivity index (χ1n) is 10.9. The third-order valence-electron chi connectivity index (χ3n) is 5.74. The molecule has 2 aromatic carbocycles. The highest BCUT2D eigenvalue weighted by Crippen LogP contribution is 2.33. The normalized spacial score (nSPS) is 14.7. The lowest BCUT2D eigenvalue weighted by Gasteiger charge is -2.18. The zero-order chi connectivity index (χ0) is 23.5. The monoisotopic (exact) mass is 418 g/mol. The summed E-state index contributed by atoms with van der Waals surface area (Å²) in [5, 5.41) is 14.8. The van der Waals surface area contributed by atoms with Crippen molar-refractivity contribution in [2.45, 2.75) is 26.6 Å². The van der Waals surface area contributed by atoms with Crippen LogP contribution >= 0.6 is 0 Å². The largest absolute Gasteiger partial charge is 0.392 e. The molecule has 0 saturated heterocycles. The summed E-state index contributed by atoms with van der Waals surface area (Å²) in [6.45, 7) is -0.268. The standard InChI is InChI=1S/C24H21FN4O2/c1-14-8-16(17-6-5-15(13-30)23-20(17)10-28(2)27-23)9-21(25)19(14)11-29-12-22-18(24(29)31)4-3-7-26-22/h3-10,30H,11-13H2,1-2H3/i13D2. The first-order valence-corrected chi connectivity index (χ1v) is 9.85. The minimum absolute atomic E-state index is 0.0522. The predicted molar refractivity (Wildman–Crippen MR) is 115 cm³/mol. The maximum Gasteiger partial charge on any atom is 0.256 e. The maximum atomic E-state index is 15.3. The molecule has 5 rings (SSSR count). The molecule has 156 valence electrons. The molecule has 31 heavy (non-hydrogen) atoms. The smallest absolute Gasteiger partial charge is 0.256 e. The van der Waals surface area contributed by atoms with Gasteiger partial charge in [-0.1, -0.05) is 18.2 Å². The number of amides is 1. The van der Waals surface area contributed by atoms with Crippen molar-refractivity contribution < 1.29 is 17.0 Å². The first kappa shape index (κ1) is 17.1. The number of nitrogens with zero attached hydrogens (tertiary/aromatic N) is 4. The highest BCUT2D eigenvalue weighted by molar-refractivity contribution is 5.98. The molecule has 2 aromatic heterocycles.